The van der Waals surface area contributed by atoms with Crippen LogP contribution in [0.1, 0.15) is 39.2 Å². The molecule has 2 rings (SSSR count). The van der Waals surface area contributed by atoms with Gasteiger partial charge in [-0.15, -0.1) is 0 Å². The summed E-state index contributed by atoms with van der Waals surface area (Å²) in [7, 11) is 1.48. The van der Waals surface area contributed by atoms with Gasteiger partial charge in [0, 0.05) is 31.7 Å². The first-order chi connectivity index (χ1) is 17.7. The molecule has 0 aromatic heterocycles. The first kappa shape index (κ1) is 31.3. The van der Waals surface area contributed by atoms with Crippen LogP contribution in [0.5, 0.6) is 11.5 Å². The van der Waals surface area contributed by atoms with Crippen molar-refractivity contribution in [2.75, 3.05) is 40.0 Å². The van der Waals surface area contributed by atoms with Gasteiger partial charge < -0.3 is 39.7 Å². The fraction of sp³-hybridized carbons (Fsp3) is 0.615. The van der Waals surface area contributed by atoms with E-state index in [1.54, 1.807) is 30.0 Å². The Morgan fingerprint density at radius 1 is 1.27 bits per heavy atom. The number of amides is 2. The molecule has 0 unspecified atom stereocenters. The summed E-state index contributed by atoms with van der Waals surface area (Å²) in [5.74, 6) is 0.355. The molecule has 208 valence electrons. The second-order valence-electron chi connectivity index (χ2n) is 9.19. The van der Waals surface area contributed by atoms with Crippen LogP contribution >= 0.6 is 22.6 Å². The van der Waals surface area contributed by atoms with Gasteiger partial charge in [0.05, 0.1) is 29.9 Å². The van der Waals surface area contributed by atoms with Gasteiger partial charge in [-0.2, -0.15) is 0 Å². The summed E-state index contributed by atoms with van der Waals surface area (Å²) >= 11 is 2.06. The zero-order chi connectivity index (χ0) is 27.5. The third-order valence-corrected chi connectivity index (χ3v) is 6.84. The highest BCUT2D eigenvalue weighted by molar-refractivity contribution is 14.1. The molecule has 3 atom stereocenters. The largest absolute Gasteiger partial charge is 0.493 e. The molecule has 0 fully saturated rings. The number of methoxy groups -OCH3 is 1. The minimum absolute atomic E-state index is 0.0730. The molecule has 1 aliphatic rings. The van der Waals surface area contributed by atoms with Crippen LogP contribution in [0.15, 0.2) is 23.8 Å². The monoisotopic (exact) mass is 634 g/mol. The third kappa shape index (κ3) is 8.81. The van der Waals surface area contributed by atoms with Gasteiger partial charge in [-0.1, -0.05) is 13.8 Å². The summed E-state index contributed by atoms with van der Waals surface area (Å²) in [6.07, 6.45) is 0.252. The Kier molecular flexibility index (Phi) is 13.1. The van der Waals surface area contributed by atoms with Gasteiger partial charge in [-0.25, -0.2) is 0 Å². The van der Waals surface area contributed by atoms with Crippen LogP contribution in [0.2, 0.25) is 0 Å². The van der Waals surface area contributed by atoms with E-state index in [-0.39, 0.29) is 38.7 Å². The van der Waals surface area contributed by atoms with Crippen LogP contribution in [0.3, 0.4) is 0 Å². The maximum atomic E-state index is 13.1. The van der Waals surface area contributed by atoms with Crippen LogP contribution in [0, 0.1) is 9.49 Å². The number of hydrogen-bond donors (Lipinski definition) is 4. The van der Waals surface area contributed by atoms with Crippen LogP contribution in [-0.2, 0) is 20.9 Å². The van der Waals surface area contributed by atoms with Crippen LogP contribution in [0.4, 0.5) is 0 Å². The molecule has 0 saturated heterocycles. The van der Waals surface area contributed by atoms with E-state index in [0.29, 0.717) is 51.7 Å². The van der Waals surface area contributed by atoms with Gasteiger partial charge >= 0.3 is 0 Å². The molecule has 1 aliphatic carbocycles. The number of carbonyl (C=O) groups excluding carboxylic acids is 2. The summed E-state index contributed by atoms with van der Waals surface area (Å²) in [6.45, 7) is 6.20. The second kappa shape index (κ2) is 15.5. The topological polar surface area (TPSA) is 138 Å². The molecular weight excluding hydrogens is 595 g/mol. The molecule has 0 spiro atoms. The Morgan fingerprint density at radius 3 is 2.59 bits per heavy atom. The van der Waals surface area contributed by atoms with Crippen molar-refractivity contribution in [3.05, 3.63) is 32.9 Å². The molecule has 0 radical (unpaired) electrons. The average molecular weight is 635 g/mol. The van der Waals surface area contributed by atoms with Crippen molar-refractivity contribution in [2.45, 2.75) is 58.5 Å². The van der Waals surface area contributed by atoms with Gasteiger partial charge in [0.15, 0.2) is 11.5 Å². The summed E-state index contributed by atoms with van der Waals surface area (Å²) in [4.78, 5) is 27.6. The Hall–Kier alpha value is -1.93. The van der Waals surface area contributed by atoms with E-state index < -0.39 is 24.2 Å². The van der Waals surface area contributed by atoms with Crippen molar-refractivity contribution < 1.29 is 39.1 Å². The van der Waals surface area contributed by atoms with E-state index in [9.17, 15) is 19.8 Å². The van der Waals surface area contributed by atoms with Gasteiger partial charge in [-0.05, 0) is 65.6 Å². The minimum atomic E-state index is -1.15. The summed E-state index contributed by atoms with van der Waals surface area (Å²) in [5.41, 5.74) is 0.977. The molecular formula is C26H39IN2O8. The number of aliphatic hydroxyl groups is 3. The Labute approximate surface area is 232 Å². The van der Waals surface area contributed by atoms with Crippen molar-refractivity contribution in [3.8, 4) is 11.5 Å². The molecule has 1 aromatic rings. The maximum absolute atomic E-state index is 13.1. The van der Waals surface area contributed by atoms with E-state index in [2.05, 4.69) is 27.9 Å². The van der Waals surface area contributed by atoms with Gasteiger partial charge in [-0.3, -0.25) is 9.59 Å². The molecule has 4 N–H and O–H groups in total. The van der Waals surface area contributed by atoms with E-state index in [4.69, 9.17) is 19.3 Å². The average Bonchev–Trinajstić information content (AvgIpc) is 2.88. The van der Waals surface area contributed by atoms with Crippen molar-refractivity contribution in [1.82, 2.24) is 10.2 Å². The lowest BCUT2D eigenvalue weighted by Crippen LogP contribution is -2.56. The number of carbonyl (C=O) groups is 2. The van der Waals surface area contributed by atoms with Crippen LogP contribution < -0.4 is 14.8 Å². The lowest BCUT2D eigenvalue weighted by Gasteiger charge is -2.41. The molecule has 2 amide bonds. The number of ether oxygens (including phenoxy) is 3. The number of hydrogen-bond acceptors (Lipinski definition) is 8. The van der Waals surface area contributed by atoms with Gasteiger partial charge in [0.2, 0.25) is 11.8 Å². The predicted molar refractivity (Wildman–Crippen MR) is 146 cm³/mol. The van der Waals surface area contributed by atoms with E-state index >= 15 is 0 Å². The normalized spacial score (nSPS) is 19.4. The number of halogens is 1. The Bertz CT molecular complexity index is 939. The fourth-order valence-corrected chi connectivity index (χ4v) is 4.83. The van der Waals surface area contributed by atoms with Crippen LogP contribution in [-0.4, -0.2) is 90.3 Å². The van der Waals surface area contributed by atoms with E-state index in [0.717, 1.165) is 0 Å². The van der Waals surface area contributed by atoms with E-state index in [1.165, 1.54) is 7.11 Å². The molecule has 0 saturated carbocycles. The number of rotatable bonds is 14. The van der Waals surface area contributed by atoms with E-state index in [1.807, 2.05) is 13.8 Å². The number of aliphatic hydroxyl groups excluding tert-OH is 3. The second-order valence-corrected chi connectivity index (χ2v) is 10.4. The first-order valence-corrected chi connectivity index (χ1v) is 13.5. The molecule has 1 aromatic carbocycles. The highest BCUT2D eigenvalue weighted by atomic mass is 127. The molecule has 0 bridgehead atoms. The zero-order valence-electron chi connectivity index (χ0n) is 21.9. The highest BCUT2D eigenvalue weighted by Gasteiger charge is 2.40. The molecule has 11 heteroatoms. The number of benzene rings is 1. The maximum Gasteiger partial charge on any atom is 0.248 e. The quantitative estimate of drug-likeness (QED) is 0.227. The predicted octanol–water partition coefficient (Wildman–Crippen LogP) is 1.62. The van der Waals surface area contributed by atoms with Gasteiger partial charge in [0.25, 0.3) is 0 Å². The number of nitrogens with zero attached hydrogens (tertiary/aromatic N) is 1. The first-order valence-electron chi connectivity index (χ1n) is 12.5. The smallest absolute Gasteiger partial charge is 0.248 e. The Morgan fingerprint density at radius 2 is 2.00 bits per heavy atom. The zero-order valence-corrected chi connectivity index (χ0v) is 24.1. The number of nitrogens with one attached hydrogen (secondary N) is 1. The van der Waals surface area contributed by atoms with Crippen molar-refractivity contribution in [3.63, 3.8) is 0 Å². The minimum Gasteiger partial charge on any atom is -0.493 e. The lowest BCUT2D eigenvalue weighted by atomic mass is 9.87. The van der Waals surface area contributed by atoms with Gasteiger partial charge in [0.1, 0.15) is 18.8 Å². The fourth-order valence-electron chi connectivity index (χ4n) is 4.04. The third-order valence-electron chi connectivity index (χ3n) is 6.04. The summed E-state index contributed by atoms with van der Waals surface area (Å²) in [5, 5.41) is 32.8. The summed E-state index contributed by atoms with van der Waals surface area (Å²) < 4.78 is 17.7. The lowest BCUT2D eigenvalue weighted by molar-refractivity contribution is -0.143. The highest BCUT2D eigenvalue weighted by Crippen LogP contribution is 2.37. The summed E-state index contributed by atoms with van der Waals surface area (Å²) in [6, 6.07) is 2.64. The molecule has 0 heterocycles. The molecule has 0 aliphatic heterocycles. The van der Waals surface area contributed by atoms with Crippen LogP contribution in [0.25, 0.3) is 0 Å². The molecule has 10 nitrogen and oxygen atoms in total. The standard InChI is InChI=1S/C26H39IN2O8/c1-5-36-15-23(32)29(8-6-16(2)3)20-12-18(26(34)28-7-9-30)13-21(24(20)33)37-25-19(27)10-17(14-31)11-22(25)35-4/h10-11,13,16,20-21,24,30-31,33H,5-9,12,14-15H2,1-4H3,(H,28,34)/t20-,21+,24+/m1/s1. The van der Waals surface area contributed by atoms with Crippen molar-refractivity contribution >= 4 is 34.4 Å². The Balaban J connectivity index is 2.48. The van der Waals surface area contributed by atoms with Crippen molar-refractivity contribution in [2.24, 2.45) is 5.92 Å². The SMILES string of the molecule is CCOCC(=O)N(CCC(C)C)[C@@H]1CC(C(=O)NCCO)=C[C@H](Oc2c(I)cc(CO)cc2OC)[C@H]1O. The molecule has 37 heavy (non-hydrogen) atoms. The van der Waals surface area contributed by atoms with Crippen molar-refractivity contribution in [1.29, 1.82) is 0 Å².